The third-order valence-corrected chi connectivity index (χ3v) is 4.93. The van der Waals surface area contributed by atoms with Crippen molar-refractivity contribution in [2.75, 3.05) is 12.4 Å². The summed E-state index contributed by atoms with van der Waals surface area (Å²) in [5.41, 5.74) is 2.04. The number of benzene rings is 1. The monoisotopic (exact) mass is 379 g/mol. The lowest BCUT2D eigenvalue weighted by atomic mass is 10.2. The molecule has 0 fully saturated rings. The highest BCUT2D eigenvalue weighted by Gasteiger charge is 2.13. The Morgan fingerprint density at radius 2 is 2.07 bits per heavy atom. The number of para-hydroxylation sites is 1. The second kappa shape index (κ2) is 7.20. The van der Waals surface area contributed by atoms with Crippen LogP contribution in [0.15, 0.2) is 52.3 Å². The number of fused-ring (bicyclic) bond motifs is 1. The Balaban J connectivity index is 1.51. The molecule has 1 N–H and O–H groups in total. The van der Waals surface area contributed by atoms with Gasteiger partial charge in [0.05, 0.1) is 30.4 Å². The van der Waals surface area contributed by atoms with Gasteiger partial charge in [-0.3, -0.25) is 4.79 Å². The quantitative estimate of drug-likeness (QED) is 0.554. The molecule has 0 aliphatic heterocycles. The van der Waals surface area contributed by atoms with Gasteiger partial charge in [-0.05, 0) is 31.2 Å². The Morgan fingerprint density at radius 3 is 2.85 bits per heavy atom. The first-order chi connectivity index (χ1) is 13.1. The zero-order valence-electron chi connectivity index (χ0n) is 14.9. The number of furan rings is 1. The summed E-state index contributed by atoms with van der Waals surface area (Å²) in [7, 11) is 1.57. The van der Waals surface area contributed by atoms with E-state index in [1.165, 1.54) is 11.3 Å². The van der Waals surface area contributed by atoms with Crippen LogP contribution in [0, 0.1) is 6.92 Å². The summed E-state index contributed by atoms with van der Waals surface area (Å²) >= 11 is 1.46. The van der Waals surface area contributed by atoms with Gasteiger partial charge in [0, 0.05) is 16.8 Å². The first-order valence-electron chi connectivity index (χ1n) is 8.37. The van der Waals surface area contributed by atoms with Crippen molar-refractivity contribution < 1.29 is 13.9 Å². The highest BCUT2D eigenvalue weighted by Crippen LogP contribution is 2.27. The van der Waals surface area contributed by atoms with Gasteiger partial charge in [0.1, 0.15) is 5.76 Å². The Bertz CT molecular complexity index is 1120. The minimum absolute atomic E-state index is 0.153. The molecule has 1 amide bonds. The number of nitrogens with zero attached hydrogens (tertiary/aromatic N) is 2. The highest BCUT2D eigenvalue weighted by atomic mass is 32.1. The van der Waals surface area contributed by atoms with Crippen LogP contribution >= 0.6 is 11.3 Å². The Kier molecular flexibility index (Phi) is 4.60. The van der Waals surface area contributed by atoms with E-state index < -0.39 is 0 Å². The van der Waals surface area contributed by atoms with E-state index in [9.17, 15) is 4.79 Å². The first kappa shape index (κ1) is 17.2. The maximum absolute atomic E-state index is 12.5. The number of nitrogens with one attached hydrogen (secondary N) is 1. The number of hydrogen-bond acceptors (Lipinski definition) is 6. The Hall–Kier alpha value is -3.19. The molecule has 0 radical (unpaired) electrons. The number of rotatable bonds is 5. The topological polar surface area (TPSA) is 77.2 Å². The lowest BCUT2D eigenvalue weighted by Gasteiger charge is -2.08. The van der Waals surface area contributed by atoms with Gasteiger partial charge in [0.15, 0.2) is 10.8 Å². The number of carbonyl (C=O) groups excluding carboxylic acids is 1. The molecule has 0 bridgehead atoms. The van der Waals surface area contributed by atoms with Crippen LogP contribution in [0.4, 0.5) is 5.69 Å². The number of anilines is 1. The third kappa shape index (κ3) is 3.68. The predicted molar refractivity (Wildman–Crippen MR) is 105 cm³/mol. The maximum Gasteiger partial charge on any atom is 0.230 e. The molecule has 4 aromatic rings. The molecule has 7 heteroatoms. The summed E-state index contributed by atoms with van der Waals surface area (Å²) in [5.74, 6) is 1.90. The number of ether oxygens (including phenoxy) is 1. The molecular formula is C20H17N3O3S. The van der Waals surface area contributed by atoms with Crippen LogP contribution in [0.2, 0.25) is 0 Å². The van der Waals surface area contributed by atoms with Crippen LogP contribution in [0.5, 0.6) is 5.88 Å². The number of amides is 1. The predicted octanol–water partition coefficient (Wildman–Crippen LogP) is 4.45. The van der Waals surface area contributed by atoms with E-state index in [2.05, 4.69) is 15.3 Å². The minimum Gasteiger partial charge on any atom is -0.481 e. The van der Waals surface area contributed by atoms with Crippen LogP contribution in [0.25, 0.3) is 21.7 Å². The smallest absolute Gasteiger partial charge is 0.230 e. The molecule has 136 valence electrons. The van der Waals surface area contributed by atoms with Gasteiger partial charge in [-0.25, -0.2) is 9.97 Å². The molecule has 0 saturated carbocycles. The minimum atomic E-state index is -0.153. The maximum atomic E-state index is 12.5. The van der Waals surface area contributed by atoms with Crippen molar-refractivity contribution >= 4 is 33.8 Å². The second-order valence-corrected chi connectivity index (χ2v) is 6.87. The van der Waals surface area contributed by atoms with E-state index >= 15 is 0 Å². The van der Waals surface area contributed by atoms with Crippen molar-refractivity contribution in [2.24, 2.45) is 0 Å². The van der Waals surface area contributed by atoms with Crippen molar-refractivity contribution in [1.82, 2.24) is 9.97 Å². The third-order valence-electron chi connectivity index (χ3n) is 4.02. The summed E-state index contributed by atoms with van der Waals surface area (Å²) in [6.07, 6.45) is 0.177. The fourth-order valence-electron chi connectivity index (χ4n) is 2.75. The number of methoxy groups -OCH3 is 1. The van der Waals surface area contributed by atoms with E-state index in [1.807, 2.05) is 48.7 Å². The van der Waals surface area contributed by atoms with Crippen LogP contribution in [0.3, 0.4) is 0 Å². The fourth-order valence-corrected chi connectivity index (χ4v) is 3.53. The molecular weight excluding hydrogens is 362 g/mol. The van der Waals surface area contributed by atoms with Gasteiger partial charge in [0.25, 0.3) is 0 Å². The van der Waals surface area contributed by atoms with Gasteiger partial charge in [-0.1, -0.05) is 12.1 Å². The number of aryl methyl sites for hydroxylation is 1. The van der Waals surface area contributed by atoms with Gasteiger partial charge >= 0.3 is 0 Å². The van der Waals surface area contributed by atoms with E-state index in [0.29, 0.717) is 22.8 Å². The molecule has 0 spiro atoms. The lowest BCUT2D eigenvalue weighted by Crippen LogP contribution is -2.15. The second-order valence-electron chi connectivity index (χ2n) is 6.01. The zero-order chi connectivity index (χ0) is 18.8. The van der Waals surface area contributed by atoms with E-state index in [4.69, 9.17) is 9.15 Å². The fraction of sp³-hybridized carbons (Fsp3) is 0.150. The molecule has 3 aromatic heterocycles. The van der Waals surface area contributed by atoms with Crippen LogP contribution in [-0.2, 0) is 11.2 Å². The Labute approximate surface area is 159 Å². The van der Waals surface area contributed by atoms with Crippen molar-refractivity contribution in [3.8, 4) is 16.6 Å². The van der Waals surface area contributed by atoms with E-state index in [1.54, 1.807) is 13.2 Å². The van der Waals surface area contributed by atoms with Crippen LogP contribution < -0.4 is 10.1 Å². The molecule has 1 aromatic carbocycles. The normalized spacial score (nSPS) is 10.9. The standard InChI is InChI=1S/C20H17N3O3S/c1-12-6-8-16(26-12)20-21-14(11-27-20)10-17(24)22-15-5-3-4-13-7-9-18(25-2)23-19(13)15/h3-9,11H,10H2,1-2H3,(H,22,24). The molecule has 0 aliphatic rings. The number of hydrogen-bond donors (Lipinski definition) is 1. The largest absolute Gasteiger partial charge is 0.481 e. The molecule has 0 unspecified atom stereocenters. The molecule has 4 rings (SSSR count). The van der Waals surface area contributed by atoms with Crippen LogP contribution in [-0.4, -0.2) is 23.0 Å². The van der Waals surface area contributed by atoms with Gasteiger partial charge in [0.2, 0.25) is 11.8 Å². The Morgan fingerprint density at radius 1 is 1.19 bits per heavy atom. The number of pyridine rings is 1. The number of thiazole rings is 1. The summed E-state index contributed by atoms with van der Waals surface area (Å²) in [4.78, 5) is 21.4. The van der Waals surface area contributed by atoms with Gasteiger partial charge in [-0.15, -0.1) is 11.3 Å². The van der Waals surface area contributed by atoms with Crippen molar-refractivity contribution in [1.29, 1.82) is 0 Å². The summed E-state index contributed by atoms with van der Waals surface area (Å²) in [5, 5.41) is 6.49. The van der Waals surface area contributed by atoms with Crippen molar-refractivity contribution in [2.45, 2.75) is 13.3 Å². The van der Waals surface area contributed by atoms with Crippen molar-refractivity contribution in [3.05, 3.63) is 59.3 Å². The number of carbonyl (C=O) groups is 1. The first-order valence-corrected chi connectivity index (χ1v) is 9.25. The zero-order valence-corrected chi connectivity index (χ0v) is 15.7. The average molecular weight is 379 g/mol. The lowest BCUT2D eigenvalue weighted by molar-refractivity contribution is -0.115. The summed E-state index contributed by atoms with van der Waals surface area (Å²) in [6, 6.07) is 13.1. The van der Waals surface area contributed by atoms with E-state index in [0.717, 1.165) is 21.9 Å². The summed E-state index contributed by atoms with van der Waals surface area (Å²) in [6.45, 7) is 1.89. The van der Waals surface area contributed by atoms with E-state index in [-0.39, 0.29) is 12.3 Å². The summed E-state index contributed by atoms with van der Waals surface area (Å²) < 4.78 is 10.8. The molecule has 0 atom stereocenters. The number of aromatic nitrogens is 2. The molecule has 6 nitrogen and oxygen atoms in total. The van der Waals surface area contributed by atoms with Gasteiger partial charge in [-0.2, -0.15) is 0 Å². The SMILES string of the molecule is COc1ccc2cccc(NC(=O)Cc3csc(-c4ccc(C)o4)n3)c2n1. The molecule has 0 saturated heterocycles. The highest BCUT2D eigenvalue weighted by molar-refractivity contribution is 7.13. The van der Waals surface area contributed by atoms with Crippen molar-refractivity contribution in [3.63, 3.8) is 0 Å². The van der Waals surface area contributed by atoms with Gasteiger partial charge < -0.3 is 14.5 Å². The molecule has 0 aliphatic carbocycles. The van der Waals surface area contributed by atoms with Crippen LogP contribution in [0.1, 0.15) is 11.5 Å². The average Bonchev–Trinajstić information content (AvgIpc) is 3.30. The molecule has 27 heavy (non-hydrogen) atoms. The molecule has 3 heterocycles.